The summed E-state index contributed by atoms with van der Waals surface area (Å²) in [6.45, 7) is 15.5. The van der Waals surface area contributed by atoms with E-state index < -0.39 is 0 Å². The van der Waals surface area contributed by atoms with Crippen LogP contribution in [0, 0.1) is 29.6 Å². The molecule has 25 heavy (non-hydrogen) atoms. The van der Waals surface area contributed by atoms with Crippen LogP contribution < -0.4 is 0 Å². The summed E-state index contributed by atoms with van der Waals surface area (Å²) in [7, 11) is 0. The van der Waals surface area contributed by atoms with Crippen molar-refractivity contribution in [3.63, 3.8) is 0 Å². The number of rotatable bonds is 6. The Morgan fingerprint density at radius 2 is 1.44 bits per heavy atom. The van der Waals surface area contributed by atoms with Crippen LogP contribution in [-0.2, 0) is 9.59 Å². The SMILES string of the molecule is CC(C)[C@H](C)CC(=O)N1C[C@@H]2CCCN(C(=O)C[C@@H](C)C(C)C)[C@@H]2C1. The van der Waals surface area contributed by atoms with Crippen LogP contribution in [0.15, 0.2) is 0 Å². The second kappa shape index (κ2) is 8.55. The first-order chi connectivity index (χ1) is 11.7. The third-order valence-corrected chi connectivity index (χ3v) is 6.72. The van der Waals surface area contributed by atoms with Gasteiger partial charge in [-0.25, -0.2) is 0 Å². The van der Waals surface area contributed by atoms with Gasteiger partial charge < -0.3 is 9.80 Å². The Labute approximate surface area is 154 Å². The summed E-state index contributed by atoms with van der Waals surface area (Å²) in [5.41, 5.74) is 0. The van der Waals surface area contributed by atoms with Crippen molar-refractivity contribution in [3.8, 4) is 0 Å². The Bertz CT molecular complexity index is 475. The number of hydrogen-bond donors (Lipinski definition) is 0. The zero-order valence-electron chi connectivity index (χ0n) is 17.1. The van der Waals surface area contributed by atoms with E-state index in [0.717, 1.165) is 32.5 Å². The molecule has 2 heterocycles. The van der Waals surface area contributed by atoms with Crippen molar-refractivity contribution >= 4 is 11.8 Å². The van der Waals surface area contributed by atoms with E-state index in [1.165, 1.54) is 0 Å². The van der Waals surface area contributed by atoms with Crippen LogP contribution in [0.2, 0.25) is 0 Å². The van der Waals surface area contributed by atoms with Crippen molar-refractivity contribution in [1.82, 2.24) is 9.80 Å². The van der Waals surface area contributed by atoms with Gasteiger partial charge in [0.05, 0.1) is 6.04 Å². The monoisotopic (exact) mass is 350 g/mol. The van der Waals surface area contributed by atoms with Crippen LogP contribution in [0.5, 0.6) is 0 Å². The van der Waals surface area contributed by atoms with Gasteiger partial charge in [-0.1, -0.05) is 41.5 Å². The fourth-order valence-electron chi connectivity index (χ4n) is 3.96. The van der Waals surface area contributed by atoms with Crippen molar-refractivity contribution in [2.75, 3.05) is 19.6 Å². The second-order valence-electron chi connectivity index (χ2n) is 9.21. The van der Waals surface area contributed by atoms with Crippen LogP contribution in [-0.4, -0.2) is 47.3 Å². The Morgan fingerprint density at radius 3 is 2.00 bits per heavy atom. The van der Waals surface area contributed by atoms with Crippen LogP contribution in [0.1, 0.15) is 67.2 Å². The molecule has 0 aromatic rings. The summed E-state index contributed by atoms with van der Waals surface area (Å²) in [6.07, 6.45) is 3.50. The number of carbonyl (C=O) groups is 2. The van der Waals surface area contributed by atoms with E-state index in [-0.39, 0.29) is 11.9 Å². The van der Waals surface area contributed by atoms with Crippen LogP contribution in [0.4, 0.5) is 0 Å². The highest BCUT2D eigenvalue weighted by Gasteiger charge is 2.42. The fourth-order valence-corrected chi connectivity index (χ4v) is 3.96. The quantitative estimate of drug-likeness (QED) is 0.731. The lowest BCUT2D eigenvalue weighted by molar-refractivity contribution is -0.137. The average molecular weight is 351 g/mol. The standard InChI is InChI=1S/C21H38N2O2/c1-14(2)16(5)10-20(24)22-12-18-8-7-9-23(19(18)13-22)21(25)11-17(6)15(3)4/h14-19H,7-13H2,1-6H3/t16-,17-,18+,19-/m1/s1. The number of likely N-dealkylation sites (tertiary alicyclic amines) is 2. The molecule has 144 valence electrons. The number of nitrogens with zero attached hydrogens (tertiary/aromatic N) is 2. The van der Waals surface area contributed by atoms with Crippen molar-refractivity contribution in [1.29, 1.82) is 0 Å². The summed E-state index contributed by atoms with van der Waals surface area (Å²) < 4.78 is 0. The predicted molar refractivity (Wildman–Crippen MR) is 102 cm³/mol. The molecule has 0 aliphatic carbocycles. The Kier molecular flexibility index (Phi) is 6.93. The summed E-state index contributed by atoms with van der Waals surface area (Å²) in [4.78, 5) is 29.6. The van der Waals surface area contributed by atoms with E-state index in [4.69, 9.17) is 0 Å². The fraction of sp³-hybridized carbons (Fsp3) is 0.905. The van der Waals surface area contributed by atoms with Crippen LogP contribution in [0.3, 0.4) is 0 Å². The maximum atomic E-state index is 12.8. The van der Waals surface area contributed by atoms with Gasteiger partial charge in [0.15, 0.2) is 0 Å². The minimum Gasteiger partial charge on any atom is -0.340 e. The molecule has 4 atom stereocenters. The summed E-state index contributed by atoms with van der Waals surface area (Å²) in [6, 6.07) is 0.249. The molecule has 2 amide bonds. The van der Waals surface area contributed by atoms with E-state index >= 15 is 0 Å². The van der Waals surface area contributed by atoms with E-state index in [2.05, 4.69) is 46.4 Å². The van der Waals surface area contributed by atoms with Gasteiger partial charge in [0, 0.05) is 32.5 Å². The molecular weight excluding hydrogens is 312 g/mol. The van der Waals surface area contributed by atoms with Gasteiger partial charge in [0.1, 0.15) is 0 Å². The molecule has 0 aromatic carbocycles. The number of hydrogen-bond acceptors (Lipinski definition) is 2. The van der Waals surface area contributed by atoms with Crippen LogP contribution >= 0.6 is 0 Å². The summed E-state index contributed by atoms with van der Waals surface area (Å²) in [5, 5.41) is 0. The zero-order valence-corrected chi connectivity index (χ0v) is 17.1. The van der Waals surface area contributed by atoms with Gasteiger partial charge in [-0.3, -0.25) is 9.59 Å². The summed E-state index contributed by atoms with van der Waals surface area (Å²) in [5.74, 6) is 2.94. The van der Waals surface area contributed by atoms with Crippen molar-refractivity contribution < 1.29 is 9.59 Å². The van der Waals surface area contributed by atoms with Crippen molar-refractivity contribution in [2.45, 2.75) is 73.3 Å². The molecule has 0 N–H and O–H groups in total. The first-order valence-corrected chi connectivity index (χ1v) is 10.3. The first-order valence-electron chi connectivity index (χ1n) is 10.3. The molecule has 0 aromatic heterocycles. The molecule has 0 unspecified atom stereocenters. The number of fused-ring (bicyclic) bond motifs is 1. The molecule has 2 saturated heterocycles. The molecule has 2 aliphatic heterocycles. The Balaban J connectivity index is 1.97. The molecule has 4 nitrogen and oxygen atoms in total. The largest absolute Gasteiger partial charge is 0.340 e. The lowest BCUT2D eigenvalue weighted by Gasteiger charge is -2.37. The highest BCUT2D eigenvalue weighted by atomic mass is 16.2. The predicted octanol–water partition coefficient (Wildman–Crippen LogP) is 3.80. The topological polar surface area (TPSA) is 40.6 Å². The molecule has 0 spiro atoms. The van der Waals surface area contributed by atoms with Gasteiger partial charge in [-0.05, 0) is 42.4 Å². The van der Waals surface area contributed by atoms with Crippen molar-refractivity contribution in [3.05, 3.63) is 0 Å². The van der Waals surface area contributed by atoms with Crippen molar-refractivity contribution in [2.24, 2.45) is 29.6 Å². The minimum absolute atomic E-state index is 0.249. The van der Waals surface area contributed by atoms with Gasteiger partial charge in [0.2, 0.25) is 11.8 Å². The normalized spacial score (nSPS) is 26.1. The third-order valence-electron chi connectivity index (χ3n) is 6.72. The molecular formula is C21H38N2O2. The molecule has 0 saturated carbocycles. The van der Waals surface area contributed by atoms with Gasteiger partial charge in [0.25, 0.3) is 0 Å². The third kappa shape index (κ3) is 4.98. The second-order valence-corrected chi connectivity index (χ2v) is 9.21. The zero-order chi connectivity index (χ0) is 18.7. The smallest absolute Gasteiger partial charge is 0.223 e. The molecule has 2 aliphatic rings. The lowest BCUT2D eigenvalue weighted by atomic mass is 9.89. The minimum atomic E-state index is 0.249. The van der Waals surface area contributed by atoms with E-state index in [1.807, 2.05) is 4.90 Å². The number of piperidine rings is 1. The first kappa shape index (κ1) is 20.3. The number of carbonyl (C=O) groups excluding carboxylic acids is 2. The average Bonchev–Trinajstić information content (AvgIpc) is 2.98. The van der Waals surface area contributed by atoms with Gasteiger partial charge >= 0.3 is 0 Å². The highest BCUT2D eigenvalue weighted by Crippen LogP contribution is 2.32. The Morgan fingerprint density at radius 1 is 0.880 bits per heavy atom. The van der Waals surface area contributed by atoms with Gasteiger partial charge in [-0.15, -0.1) is 0 Å². The summed E-state index contributed by atoms with van der Waals surface area (Å²) >= 11 is 0. The molecule has 4 heteroatoms. The maximum Gasteiger partial charge on any atom is 0.223 e. The molecule has 0 radical (unpaired) electrons. The number of amides is 2. The highest BCUT2D eigenvalue weighted by molar-refractivity contribution is 5.79. The van der Waals surface area contributed by atoms with Gasteiger partial charge in [-0.2, -0.15) is 0 Å². The van der Waals surface area contributed by atoms with E-state index in [1.54, 1.807) is 0 Å². The molecule has 2 fully saturated rings. The lowest BCUT2D eigenvalue weighted by Crippen LogP contribution is -2.49. The molecule has 2 rings (SSSR count). The van der Waals surface area contributed by atoms with E-state index in [0.29, 0.717) is 48.3 Å². The maximum absolute atomic E-state index is 12.8. The van der Waals surface area contributed by atoms with E-state index in [9.17, 15) is 9.59 Å². The van der Waals surface area contributed by atoms with Crippen LogP contribution in [0.25, 0.3) is 0 Å². The molecule has 0 bridgehead atoms. The Hall–Kier alpha value is -1.06.